The predicted molar refractivity (Wildman–Crippen MR) is 81.8 cm³/mol. The second-order valence-electron chi connectivity index (χ2n) is 5.44. The van der Waals surface area contributed by atoms with Crippen molar-refractivity contribution >= 4 is 22.9 Å². The van der Waals surface area contributed by atoms with Crippen LogP contribution in [0.15, 0.2) is 18.2 Å². The third-order valence-electron chi connectivity index (χ3n) is 4.27. The van der Waals surface area contributed by atoms with Crippen molar-refractivity contribution in [3.05, 3.63) is 29.3 Å². The molecule has 2 atom stereocenters. The van der Waals surface area contributed by atoms with Gasteiger partial charge in [0, 0.05) is 12.1 Å². The van der Waals surface area contributed by atoms with Crippen LogP contribution in [0, 0.1) is 6.92 Å². The molecule has 2 aliphatic rings. The number of hydrogen-bond acceptors (Lipinski definition) is 3. The highest BCUT2D eigenvalue weighted by atomic mass is 32.1. The van der Waals surface area contributed by atoms with Crippen LogP contribution in [0.3, 0.4) is 0 Å². The molecule has 3 rings (SSSR count). The molecule has 1 aromatic rings. The fourth-order valence-corrected chi connectivity index (χ4v) is 3.61. The summed E-state index contributed by atoms with van der Waals surface area (Å²) in [5.41, 5.74) is 9.37. The van der Waals surface area contributed by atoms with Crippen molar-refractivity contribution < 1.29 is 4.74 Å². The van der Waals surface area contributed by atoms with Gasteiger partial charge < -0.3 is 15.4 Å². The number of anilines is 1. The highest BCUT2D eigenvalue weighted by molar-refractivity contribution is 7.80. The van der Waals surface area contributed by atoms with Gasteiger partial charge in [-0.3, -0.25) is 0 Å². The topological polar surface area (TPSA) is 38.5 Å². The Balaban J connectivity index is 2.03. The molecule has 3 nitrogen and oxygen atoms in total. The van der Waals surface area contributed by atoms with Crippen LogP contribution in [-0.4, -0.2) is 30.3 Å². The summed E-state index contributed by atoms with van der Waals surface area (Å²) in [6.07, 6.45) is 4.01. The third kappa shape index (κ3) is 2.23. The molecule has 2 unspecified atom stereocenters. The van der Waals surface area contributed by atoms with Crippen LogP contribution >= 0.6 is 12.2 Å². The maximum atomic E-state index is 5.90. The van der Waals surface area contributed by atoms with E-state index < -0.39 is 0 Å². The molecule has 0 amide bonds. The second-order valence-corrected chi connectivity index (χ2v) is 5.88. The number of benzene rings is 1. The zero-order valence-corrected chi connectivity index (χ0v) is 12.1. The summed E-state index contributed by atoms with van der Waals surface area (Å²) in [7, 11) is 0. The molecule has 0 spiro atoms. The van der Waals surface area contributed by atoms with Crippen molar-refractivity contribution in [1.29, 1.82) is 0 Å². The number of nitrogens with zero attached hydrogens (tertiary/aromatic N) is 1. The monoisotopic (exact) mass is 276 g/mol. The van der Waals surface area contributed by atoms with E-state index in [4.69, 9.17) is 22.7 Å². The van der Waals surface area contributed by atoms with Crippen LogP contribution < -0.4 is 10.6 Å². The average Bonchev–Trinajstić information content (AvgIpc) is 2.86. The van der Waals surface area contributed by atoms with Crippen LogP contribution in [0.1, 0.15) is 30.4 Å². The lowest BCUT2D eigenvalue weighted by molar-refractivity contribution is 0.0256. The molecule has 102 valence electrons. The Bertz CT molecular complexity index is 503. The fraction of sp³-hybridized carbons (Fsp3) is 0.533. The molecule has 0 bridgehead atoms. The van der Waals surface area contributed by atoms with Crippen molar-refractivity contribution in [2.75, 3.05) is 18.1 Å². The van der Waals surface area contributed by atoms with E-state index in [1.54, 1.807) is 0 Å². The van der Waals surface area contributed by atoms with Crippen molar-refractivity contribution in [1.82, 2.24) is 0 Å². The van der Waals surface area contributed by atoms with E-state index in [-0.39, 0.29) is 0 Å². The number of fused-ring (bicyclic) bond motifs is 1. The molecule has 2 N–H and O–H groups in total. The van der Waals surface area contributed by atoms with E-state index in [1.165, 1.54) is 30.5 Å². The van der Waals surface area contributed by atoms with E-state index in [9.17, 15) is 0 Å². The zero-order chi connectivity index (χ0) is 13.4. The Kier molecular flexibility index (Phi) is 3.46. The Morgan fingerprint density at radius 3 is 3.05 bits per heavy atom. The lowest BCUT2D eigenvalue weighted by Crippen LogP contribution is -2.49. The van der Waals surface area contributed by atoms with E-state index in [0.717, 1.165) is 18.7 Å². The quantitative estimate of drug-likeness (QED) is 0.842. The van der Waals surface area contributed by atoms with Gasteiger partial charge in [0.1, 0.15) is 4.99 Å². The number of morpholine rings is 1. The van der Waals surface area contributed by atoms with Crippen molar-refractivity contribution in [3.63, 3.8) is 0 Å². The Labute approximate surface area is 119 Å². The highest BCUT2D eigenvalue weighted by Gasteiger charge is 2.37. The minimum atomic E-state index is 0.382. The first-order chi connectivity index (χ1) is 9.18. The minimum Gasteiger partial charge on any atom is -0.389 e. The van der Waals surface area contributed by atoms with Gasteiger partial charge in [0.15, 0.2) is 0 Å². The number of ether oxygens (including phenoxy) is 1. The van der Waals surface area contributed by atoms with Crippen LogP contribution in [0.25, 0.3) is 0 Å². The van der Waals surface area contributed by atoms with Crippen LogP contribution in [0.4, 0.5) is 5.69 Å². The molecule has 1 aromatic carbocycles. The predicted octanol–water partition coefficient (Wildman–Crippen LogP) is 2.39. The zero-order valence-electron chi connectivity index (χ0n) is 11.3. The summed E-state index contributed by atoms with van der Waals surface area (Å²) in [5.74, 6) is 0. The largest absolute Gasteiger partial charge is 0.389 e. The van der Waals surface area contributed by atoms with Gasteiger partial charge in [0.25, 0.3) is 0 Å². The SMILES string of the molecule is Cc1cccc(C(N)=S)c1N1CCOC2CCCC21. The van der Waals surface area contributed by atoms with Gasteiger partial charge in [-0.15, -0.1) is 0 Å². The fourth-order valence-electron chi connectivity index (χ4n) is 3.44. The number of hydrogen-bond donors (Lipinski definition) is 1. The van der Waals surface area contributed by atoms with Gasteiger partial charge in [0.2, 0.25) is 0 Å². The summed E-state index contributed by atoms with van der Waals surface area (Å²) < 4.78 is 5.89. The molecule has 0 aromatic heterocycles. The lowest BCUT2D eigenvalue weighted by Gasteiger charge is -2.41. The van der Waals surface area contributed by atoms with Crippen LogP contribution in [-0.2, 0) is 4.74 Å². The van der Waals surface area contributed by atoms with Crippen LogP contribution in [0.2, 0.25) is 0 Å². The molecule has 1 heterocycles. The molecule has 1 saturated carbocycles. The third-order valence-corrected chi connectivity index (χ3v) is 4.49. The summed E-state index contributed by atoms with van der Waals surface area (Å²) in [4.78, 5) is 2.96. The maximum absolute atomic E-state index is 5.90. The minimum absolute atomic E-state index is 0.382. The first kappa shape index (κ1) is 12.9. The molecule has 19 heavy (non-hydrogen) atoms. The lowest BCUT2D eigenvalue weighted by atomic mass is 10.0. The number of thiocarbonyl (C=S) groups is 1. The van der Waals surface area contributed by atoms with Gasteiger partial charge in [-0.2, -0.15) is 0 Å². The standard InChI is InChI=1S/C15H20N2OS/c1-10-4-2-5-11(15(16)19)14(10)17-8-9-18-13-7-3-6-12(13)17/h2,4-5,12-13H,3,6-9H2,1H3,(H2,16,19). The smallest absolute Gasteiger partial charge is 0.106 e. The van der Waals surface area contributed by atoms with Gasteiger partial charge in [0.05, 0.1) is 24.4 Å². The van der Waals surface area contributed by atoms with Gasteiger partial charge in [-0.1, -0.05) is 24.4 Å². The highest BCUT2D eigenvalue weighted by Crippen LogP contribution is 2.36. The second kappa shape index (κ2) is 5.10. The Morgan fingerprint density at radius 1 is 1.42 bits per heavy atom. The van der Waals surface area contributed by atoms with E-state index in [1.807, 2.05) is 12.1 Å². The van der Waals surface area contributed by atoms with Gasteiger partial charge in [-0.05, 0) is 37.8 Å². The van der Waals surface area contributed by atoms with Gasteiger partial charge in [-0.25, -0.2) is 0 Å². The summed E-state index contributed by atoms with van der Waals surface area (Å²) in [6.45, 7) is 3.87. The Morgan fingerprint density at radius 2 is 2.26 bits per heavy atom. The number of nitrogens with two attached hydrogens (primary N) is 1. The number of aryl methyl sites for hydroxylation is 1. The van der Waals surface area contributed by atoms with Crippen molar-refractivity contribution in [3.8, 4) is 0 Å². The molecular weight excluding hydrogens is 256 g/mol. The molecule has 0 radical (unpaired) electrons. The maximum Gasteiger partial charge on any atom is 0.106 e. The summed E-state index contributed by atoms with van der Waals surface area (Å²) >= 11 is 5.22. The normalized spacial score (nSPS) is 26.3. The number of rotatable bonds is 2. The molecule has 4 heteroatoms. The Hall–Kier alpha value is -1.13. The molecule has 1 saturated heterocycles. The molecule has 1 aliphatic heterocycles. The molecule has 2 fully saturated rings. The van der Waals surface area contributed by atoms with E-state index in [0.29, 0.717) is 17.1 Å². The number of para-hydroxylation sites is 1. The summed E-state index contributed by atoms with van der Waals surface area (Å²) in [6, 6.07) is 6.68. The van der Waals surface area contributed by atoms with Gasteiger partial charge >= 0.3 is 0 Å². The average molecular weight is 276 g/mol. The van der Waals surface area contributed by atoms with Crippen LogP contribution in [0.5, 0.6) is 0 Å². The van der Waals surface area contributed by atoms with Crippen molar-refractivity contribution in [2.24, 2.45) is 5.73 Å². The van der Waals surface area contributed by atoms with Crippen molar-refractivity contribution in [2.45, 2.75) is 38.3 Å². The first-order valence-corrected chi connectivity index (χ1v) is 7.37. The molecule has 1 aliphatic carbocycles. The summed E-state index contributed by atoms with van der Waals surface area (Å²) in [5, 5.41) is 0. The first-order valence-electron chi connectivity index (χ1n) is 6.96. The van der Waals surface area contributed by atoms with E-state index in [2.05, 4.69) is 17.9 Å². The molecular formula is C15H20N2OS. The van der Waals surface area contributed by atoms with E-state index >= 15 is 0 Å².